The van der Waals surface area contributed by atoms with Gasteiger partial charge in [-0.3, -0.25) is 0 Å². The van der Waals surface area contributed by atoms with Crippen LogP contribution in [0.1, 0.15) is 99.4 Å². The largest absolute Gasteiger partial charge is 0.355 e. The van der Waals surface area contributed by atoms with Gasteiger partial charge in [-0.25, -0.2) is 9.97 Å². The van der Waals surface area contributed by atoms with E-state index in [1.165, 1.54) is 44.5 Å². The number of H-pyrrole nitrogens is 2. The second-order valence-electron chi connectivity index (χ2n) is 10.1. The predicted octanol–water partition coefficient (Wildman–Crippen LogP) is 8.74. The van der Waals surface area contributed by atoms with Crippen LogP contribution in [-0.2, 0) is 12.8 Å². The lowest BCUT2D eigenvalue weighted by Gasteiger charge is -2.01. The molecule has 186 valence electrons. The molecule has 3 aromatic rings. The molecule has 4 heteroatoms. The molecule has 2 N–H and O–H groups in total. The predicted molar refractivity (Wildman–Crippen MR) is 155 cm³/mol. The van der Waals surface area contributed by atoms with Crippen LogP contribution in [0.15, 0.2) is 24.3 Å². The van der Waals surface area contributed by atoms with Crippen LogP contribution >= 0.6 is 0 Å². The number of hydrogen-bond donors (Lipinski definition) is 2. The maximum Gasteiger partial charge on any atom is 0.0693 e. The molecule has 0 aromatic carbocycles. The van der Waals surface area contributed by atoms with E-state index in [4.69, 9.17) is 9.97 Å². The third-order valence-electron chi connectivity index (χ3n) is 8.21. The first-order valence-electron chi connectivity index (χ1n) is 13.4. The van der Waals surface area contributed by atoms with Crippen LogP contribution in [0.4, 0.5) is 0 Å². The Hall–Kier alpha value is -3.40. The molecule has 0 atom stereocenters. The van der Waals surface area contributed by atoms with Gasteiger partial charge in [0, 0.05) is 22.1 Å². The van der Waals surface area contributed by atoms with E-state index in [-0.39, 0.29) is 0 Å². The second-order valence-corrected chi connectivity index (χ2v) is 10.1. The normalized spacial score (nSPS) is 13.8. The highest BCUT2D eigenvalue weighted by Gasteiger charge is 2.20. The zero-order valence-corrected chi connectivity index (χ0v) is 23.0. The van der Waals surface area contributed by atoms with Crippen molar-refractivity contribution in [2.45, 2.75) is 81.1 Å². The molecule has 2 aliphatic heterocycles. The Morgan fingerprint density at radius 3 is 1.36 bits per heavy atom. The first kappa shape index (κ1) is 24.3. The van der Waals surface area contributed by atoms with E-state index < -0.39 is 0 Å². The van der Waals surface area contributed by atoms with Gasteiger partial charge in [0.1, 0.15) is 0 Å². The van der Waals surface area contributed by atoms with Crippen molar-refractivity contribution in [3.63, 3.8) is 0 Å². The molecule has 0 amide bonds. The van der Waals surface area contributed by atoms with Crippen molar-refractivity contribution in [3.05, 3.63) is 69.3 Å². The van der Waals surface area contributed by atoms with Gasteiger partial charge in [-0.05, 0) is 122 Å². The van der Waals surface area contributed by atoms with Crippen molar-refractivity contribution in [2.24, 2.45) is 0 Å². The van der Waals surface area contributed by atoms with Gasteiger partial charge in [0.25, 0.3) is 0 Å². The lowest BCUT2D eigenvalue weighted by Crippen LogP contribution is -1.84. The monoisotopic (exact) mass is 478 g/mol. The maximum atomic E-state index is 5.14. The average Bonchev–Trinajstić information content (AvgIpc) is 3.51. The highest BCUT2D eigenvalue weighted by Crippen LogP contribution is 2.36. The second kappa shape index (κ2) is 9.24. The van der Waals surface area contributed by atoms with Crippen LogP contribution in [0.2, 0.25) is 0 Å². The van der Waals surface area contributed by atoms with E-state index in [2.05, 4.69) is 89.6 Å². The van der Waals surface area contributed by atoms with Gasteiger partial charge in [0.2, 0.25) is 0 Å². The van der Waals surface area contributed by atoms with Gasteiger partial charge in [-0.1, -0.05) is 27.7 Å². The minimum Gasteiger partial charge on any atom is -0.355 e. The fourth-order valence-electron chi connectivity index (χ4n) is 6.02. The Kier molecular flexibility index (Phi) is 6.23. The van der Waals surface area contributed by atoms with Crippen LogP contribution in [0.3, 0.4) is 0 Å². The molecule has 8 bridgehead atoms. The van der Waals surface area contributed by atoms with Crippen molar-refractivity contribution in [3.8, 4) is 0 Å². The maximum absolute atomic E-state index is 5.14. The van der Waals surface area contributed by atoms with Crippen molar-refractivity contribution < 1.29 is 0 Å². The topological polar surface area (TPSA) is 57.4 Å². The Morgan fingerprint density at radius 1 is 0.500 bits per heavy atom. The molecule has 0 fully saturated rings. The van der Waals surface area contributed by atoms with E-state index in [0.29, 0.717) is 0 Å². The molecular formula is C32H38N4. The first-order chi connectivity index (χ1) is 17.3. The lowest BCUT2D eigenvalue weighted by molar-refractivity contribution is 1.14. The average molecular weight is 479 g/mol. The van der Waals surface area contributed by atoms with E-state index >= 15 is 0 Å². The zero-order valence-electron chi connectivity index (χ0n) is 23.0. The minimum absolute atomic E-state index is 0.950. The van der Waals surface area contributed by atoms with Crippen molar-refractivity contribution in [2.75, 3.05) is 0 Å². The summed E-state index contributed by atoms with van der Waals surface area (Å²) < 4.78 is 0. The summed E-state index contributed by atoms with van der Waals surface area (Å²) in [5, 5.41) is 0. The Balaban J connectivity index is 2.00. The van der Waals surface area contributed by atoms with Crippen molar-refractivity contribution in [1.82, 2.24) is 19.9 Å². The number of rotatable bonds is 4. The number of aromatic amines is 2. The third-order valence-corrected chi connectivity index (χ3v) is 8.21. The Labute approximate surface area is 214 Å². The molecule has 5 rings (SSSR count). The fraction of sp³-hybridized carbons (Fsp3) is 0.375. The summed E-state index contributed by atoms with van der Waals surface area (Å²) in [6.07, 6.45) is 3.86. The van der Waals surface area contributed by atoms with Gasteiger partial charge < -0.3 is 9.97 Å². The SMILES string of the molecule is CCC1=C(C)c2cc3[nH]c(cc4[nH]c(cc5nc(cc1n2)C(C)=C5CC)c(CC)c4C)c(C)c3CC. The molecule has 0 saturated carbocycles. The Bertz CT molecular complexity index is 1600. The highest BCUT2D eigenvalue weighted by atomic mass is 14.8. The molecule has 0 unspecified atom stereocenters. The minimum atomic E-state index is 0.950. The summed E-state index contributed by atoms with van der Waals surface area (Å²) in [6, 6.07) is 8.98. The molecule has 2 aliphatic rings. The first-order valence-corrected chi connectivity index (χ1v) is 13.4. The summed E-state index contributed by atoms with van der Waals surface area (Å²) in [5.74, 6) is 0. The van der Waals surface area contributed by atoms with E-state index in [1.54, 1.807) is 0 Å². The molecule has 0 radical (unpaired) electrons. The van der Waals surface area contributed by atoms with Gasteiger partial charge >= 0.3 is 0 Å². The smallest absolute Gasteiger partial charge is 0.0693 e. The molecule has 0 spiro atoms. The van der Waals surface area contributed by atoms with Crippen LogP contribution in [0.5, 0.6) is 0 Å². The summed E-state index contributed by atoms with van der Waals surface area (Å²) in [4.78, 5) is 17.8. The standard InChI is InChI=1S/C32H38N4/c1-9-21-17(5)25-13-26-18(6)23(11-3)31(34-26)16-32-24(12-4)20(8)28(36-32)15-30-22(10-2)19(7)27(35-30)14-29(21)33-25/h13-16,33-34H,9-12H2,1-8H3. The number of hydrogen-bond acceptors (Lipinski definition) is 2. The van der Waals surface area contributed by atoms with E-state index in [0.717, 1.165) is 70.5 Å². The van der Waals surface area contributed by atoms with Gasteiger partial charge in [0.15, 0.2) is 0 Å². The number of nitrogens with one attached hydrogen (secondary N) is 2. The number of aryl methyl sites for hydroxylation is 4. The van der Waals surface area contributed by atoms with Gasteiger partial charge in [-0.15, -0.1) is 0 Å². The number of nitrogens with zero attached hydrogens (tertiary/aromatic N) is 2. The molecule has 4 nitrogen and oxygen atoms in total. The molecular weight excluding hydrogens is 440 g/mol. The van der Waals surface area contributed by atoms with Gasteiger partial charge in [-0.2, -0.15) is 0 Å². The highest BCUT2D eigenvalue weighted by molar-refractivity contribution is 5.95. The Morgan fingerprint density at radius 2 is 0.917 bits per heavy atom. The molecule has 0 aliphatic carbocycles. The van der Waals surface area contributed by atoms with Crippen LogP contribution in [0.25, 0.3) is 44.4 Å². The quantitative estimate of drug-likeness (QED) is 0.394. The molecule has 3 aromatic heterocycles. The van der Waals surface area contributed by atoms with Crippen LogP contribution < -0.4 is 0 Å². The fourth-order valence-corrected chi connectivity index (χ4v) is 6.02. The van der Waals surface area contributed by atoms with Crippen LogP contribution in [0, 0.1) is 13.8 Å². The zero-order chi connectivity index (χ0) is 25.7. The van der Waals surface area contributed by atoms with Crippen molar-refractivity contribution in [1.29, 1.82) is 0 Å². The molecule has 0 saturated heterocycles. The third kappa shape index (κ3) is 3.75. The number of fused-ring (bicyclic) bond motifs is 8. The van der Waals surface area contributed by atoms with Crippen LogP contribution in [-0.4, -0.2) is 19.9 Å². The summed E-state index contributed by atoms with van der Waals surface area (Å²) in [6.45, 7) is 17.8. The molecule has 5 heterocycles. The summed E-state index contributed by atoms with van der Waals surface area (Å²) in [5.41, 5.74) is 19.3. The van der Waals surface area contributed by atoms with E-state index in [9.17, 15) is 0 Å². The van der Waals surface area contributed by atoms with Gasteiger partial charge in [0.05, 0.1) is 22.8 Å². The number of allylic oxidation sites excluding steroid dienone is 4. The van der Waals surface area contributed by atoms with E-state index in [1.807, 2.05) is 0 Å². The number of aromatic nitrogens is 4. The molecule has 36 heavy (non-hydrogen) atoms. The lowest BCUT2D eigenvalue weighted by atomic mass is 10.0. The van der Waals surface area contributed by atoms with Crippen molar-refractivity contribution >= 4 is 44.4 Å². The summed E-state index contributed by atoms with van der Waals surface area (Å²) in [7, 11) is 0. The summed E-state index contributed by atoms with van der Waals surface area (Å²) >= 11 is 0.